The zero-order valence-corrected chi connectivity index (χ0v) is 12.6. The predicted octanol–water partition coefficient (Wildman–Crippen LogP) is 5.17. The van der Waals surface area contributed by atoms with Crippen molar-refractivity contribution in [3.8, 4) is 0 Å². The first-order valence-electron chi connectivity index (χ1n) is 6.18. The number of allylic oxidation sites excluding steroid dienone is 1. The lowest BCUT2D eigenvalue weighted by atomic mass is 10.0. The third kappa shape index (κ3) is 2.56. The molecule has 0 heterocycles. The first-order valence-corrected chi connectivity index (χ1v) is 7.35. The fourth-order valence-electron chi connectivity index (χ4n) is 2.49. The molecule has 0 spiro atoms. The molecule has 0 amide bonds. The van der Waals surface area contributed by atoms with Gasteiger partial charge in [-0.15, -0.1) is 0 Å². The zero-order valence-electron chi connectivity index (χ0n) is 10.3. The Morgan fingerprint density at radius 3 is 2.74 bits per heavy atom. The van der Waals surface area contributed by atoms with E-state index in [0.717, 1.165) is 33.6 Å². The first kappa shape index (κ1) is 12.8. The van der Waals surface area contributed by atoms with Gasteiger partial charge in [-0.1, -0.05) is 39.7 Å². The van der Waals surface area contributed by atoms with Crippen molar-refractivity contribution in [3.63, 3.8) is 0 Å². The standard InChI is InChI=1S/C16H13BrClN/c17-13-4-3-12(16(18)9-13)7-10-1-2-11-8-14(19)5-6-15(10)11/h3-9H,1-2,19H2/b10-7+. The molecule has 0 aliphatic heterocycles. The molecule has 0 saturated heterocycles. The van der Waals surface area contributed by atoms with E-state index in [1.165, 1.54) is 16.7 Å². The first-order chi connectivity index (χ1) is 9.13. The molecule has 0 fully saturated rings. The molecule has 0 atom stereocenters. The predicted molar refractivity (Wildman–Crippen MR) is 86.2 cm³/mol. The minimum atomic E-state index is 0.769. The van der Waals surface area contributed by atoms with Gasteiger partial charge in [0, 0.05) is 15.2 Å². The van der Waals surface area contributed by atoms with Crippen molar-refractivity contribution in [3.05, 3.63) is 62.6 Å². The fourth-order valence-corrected chi connectivity index (χ4v) is 3.22. The second kappa shape index (κ2) is 5.03. The van der Waals surface area contributed by atoms with Crippen LogP contribution in [-0.4, -0.2) is 0 Å². The van der Waals surface area contributed by atoms with E-state index in [1.54, 1.807) is 0 Å². The summed E-state index contributed by atoms with van der Waals surface area (Å²) in [6, 6.07) is 12.1. The summed E-state index contributed by atoms with van der Waals surface area (Å²) >= 11 is 9.69. The van der Waals surface area contributed by atoms with Crippen LogP contribution in [0.5, 0.6) is 0 Å². The molecule has 0 unspecified atom stereocenters. The molecule has 1 nitrogen and oxygen atoms in total. The molecule has 19 heavy (non-hydrogen) atoms. The maximum absolute atomic E-state index is 6.27. The van der Waals surface area contributed by atoms with E-state index < -0.39 is 0 Å². The molecule has 0 saturated carbocycles. The third-order valence-electron chi connectivity index (χ3n) is 3.43. The van der Waals surface area contributed by atoms with E-state index in [4.69, 9.17) is 17.3 Å². The number of nitrogens with two attached hydrogens (primary N) is 1. The highest BCUT2D eigenvalue weighted by atomic mass is 79.9. The second-order valence-electron chi connectivity index (χ2n) is 4.75. The number of rotatable bonds is 1. The summed E-state index contributed by atoms with van der Waals surface area (Å²) < 4.78 is 0.999. The Morgan fingerprint density at radius 2 is 1.95 bits per heavy atom. The number of nitrogen functional groups attached to an aromatic ring is 1. The van der Waals surface area contributed by atoms with Crippen molar-refractivity contribution in [2.24, 2.45) is 0 Å². The number of hydrogen-bond acceptors (Lipinski definition) is 1. The summed E-state index contributed by atoms with van der Waals surface area (Å²) in [5.41, 5.74) is 11.7. The molecule has 0 radical (unpaired) electrons. The molecular formula is C16H13BrClN. The highest BCUT2D eigenvalue weighted by molar-refractivity contribution is 9.10. The smallest absolute Gasteiger partial charge is 0.0489 e. The Labute approximate surface area is 126 Å². The summed E-state index contributed by atoms with van der Waals surface area (Å²) in [6.07, 6.45) is 4.28. The van der Waals surface area contributed by atoms with Crippen molar-refractivity contribution in [2.45, 2.75) is 12.8 Å². The molecule has 3 rings (SSSR count). The number of hydrogen-bond donors (Lipinski definition) is 1. The summed E-state index contributed by atoms with van der Waals surface area (Å²) in [4.78, 5) is 0. The summed E-state index contributed by atoms with van der Waals surface area (Å²) in [6.45, 7) is 0. The average molecular weight is 335 g/mol. The van der Waals surface area contributed by atoms with Crippen molar-refractivity contribution in [1.82, 2.24) is 0 Å². The summed E-state index contributed by atoms with van der Waals surface area (Å²) in [5.74, 6) is 0. The van der Waals surface area contributed by atoms with Crippen LogP contribution in [-0.2, 0) is 6.42 Å². The number of anilines is 1. The van der Waals surface area contributed by atoms with Crippen molar-refractivity contribution in [1.29, 1.82) is 0 Å². The molecule has 2 aromatic rings. The molecule has 0 bridgehead atoms. The topological polar surface area (TPSA) is 26.0 Å². The van der Waals surface area contributed by atoms with Gasteiger partial charge >= 0.3 is 0 Å². The van der Waals surface area contributed by atoms with E-state index in [1.807, 2.05) is 24.3 Å². The van der Waals surface area contributed by atoms with Crippen LogP contribution in [0.25, 0.3) is 11.6 Å². The highest BCUT2D eigenvalue weighted by Crippen LogP contribution is 2.36. The molecule has 2 N–H and O–H groups in total. The second-order valence-corrected chi connectivity index (χ2v) is 6.07. The number of aryl methyl sites for hydroxylation is 1. The summed E-state index contributed by atoms with van der Waals surface area (Å²) in [7, 11) is 0. The van der Waals surface area contributed by atoms with Gasteiger partial charge in [-0.2, -0.15) is 0 Å². The summed E-state index contributed by atoms with van der Waals surface area (Å²) in [5, 5.41) is 0.769. The maximum atomic E-state index is 6.27. The van der Waals surface area contributed by atoms with Crippen LogP contribution in [0.3, 0.4) is 0 Å². The lowest BCUT2D eigenvalue weighted by Gasteiger charge is -2.04. The SMILES string of the molecule is Nc1ccc2c(c1)CC/C2=C\c1ccc(Br)cc1Cl. The van der Waals surface area contributed by atoms with Crippen molar-refractivity contribution < 1.29 is 0 Å². The molecule has 3 heteroatoms. The molecule has 2 aromatic carbocycles. The van der Waals surface area contributed by atoms with E-state index in [2.05, 4.69) is 34.1 Å². The molecule has 1 aliphatic carbocycles. The Balaban J connectivity index is 2.03. The quantitative estimate of drug-likeness (QED) is 0.715. The normalized spacial score (nSPS) is 15.8. The van der Waals surface area contributed by atoms with Crippen LogP contribution in [0.4, 0.5) is 5.69 Å². The minimum Gasteiger partial charge on any atom is -0.399 e. The van der Waals surface area contributed by atoms with Crippen LogP contribution in [0.1, 0.15) is 23.1 Å². The van der Waals surface area contributed by atoms with Gasteiger partial charge in [-0.3, -0.25) is 0 Å². The van der Waals surface area contributed by atoms with Gasteiger partial charge in [0.2, 0.25) is 0 Å². The van der Waals surface area contributed by atoms with E-state index in [-0.39, 0.29) is 0 Å². The van der Waals surface area contributed by atoms with Gasteiger partial charge in [0.15, 0.2) is 0 Å². The Bertz CT molecular complexity index is 676. The lowest BCUT2D eigenvalue weighted by Crippen LogP contribution is -1.87. The molecule has 96 valence electrons. The van der Waals surface area contributed by atoms with Gasteiger partial charge in [0.25, 0.3) is 0 Å². The molecule has 1 aliphatic rings. The number of benzene rings is 2. The van der Waals surface area contributed by atoms with E-state index in [0.29, 0.717) is 0 Å². The Kier molecular flexibility index (Phi) is 3.38. The molecular weight excluding hydrogens is 322 g/mol. The van der Waals surface area contributed by atoms with Crippen molar-refractivity contribution in [2.75, 3.05) is 5.73 Å². The van der Waals surface area contributed by atoms with Gasteiger partial charge < -0.3 is 5.73 Å². The fraction of sp³-hybridized carbons (Fsp3) is 0.125. The van der Waals surface area contributed by atoms with Gasteiger partial charge in [-0.25, -0.2) is 0 Å². The molecule has 0 aromatic heterocycles. The van der Waals surface area contributed by atoms with Gasteiger partial charge in [-0.05, 0) is 65.4 Å². The minimum absolute atomic E-state index is 0.769. The lowest BCUT2D eigenvalue weighted by molar-refractivity contribution is 1.08. The van der Waals surface area contributed by atoms with Crippen molar-refractivity contribution >= 4 is 44.9 Å². The van der Waals surface area contributed by atoms with Crippen LogP contribution < -0.4 is 5.73 Å². The zero-order chi connectivity index (χ0) is 13.4. The monoisotopic (exact) mass is 333 g/mol. The van der Waals surface area contributed by atoms with Gasteiger partial charge in [0.1, 0.15) is 0 Å². The highest BCUT2D eigenvalue weighted by Gasteiger charge is 2.16. The van der Waals surface area contributed by atoms with Crippen LogP contribution in [0, 0.1) is 0 Å². The Morgan fingerprint density at radius 1 is 1.11 bits per heavy atom. The van der Waals surface area contributed by atoms with E-state index >= 15 is 0 Å². The van der Waals surface area contributed by atoms with Crippen LogP contribution in [0.2, 0.25) is 5.02 Å². The number of halogens is 2. The van der Waals surface area contributed by atoms with Gasteiger partial charge in [0.05, 0.1) is 0 Å². The third-order valence-corrected chi connectivity index (χ3v) is 4.25. The largest absolute Gasteiger partial charge is 0.399 e. The van der Waals surface area contributed by atoms with Crippen LogP contribution >= 0.6 is 27.5 Å². The van der Waals surface area contributed by atoms with Crippen LogP contribution in [0.15, 0.2) is 40.9 Å². The van der Waals surface area contributed by atoms with E-state index in [9.17, 15) is 0 Å². The maximum Gasteiger partial charge on any atom is 0.0489 e. The average Bonchev–Trinajstić information content (AvgIpc) is 2.75. The Hall–Kier alpha value is -1.25. The number of fused-ring (bicyclic) bond motifs is 1.